The summed E-state index contributed by atoms with van der Waals surface area (Å²) in [5.41, 5.74) is -0.813. The summed E-state index contributed by atoms with van der Waals surface area (Å²) in [7, 11) is 1.41. The number of benzene rings is 1. The van der Waals surface area contributed by atoms with Gasteiger partial charge >= 0.3 is 6.18 Å². The maximum atomic E-state index is 12.9. The minimum Gasteiger partial charge on any atom is -0.495 e. The molecule has 19 heavy (non-hydrogen) atoms. The van der Waals surface area contributed by atoms with Crippen LogP contribution in [0, 0.1) is 0 Å². The number of rotatable bonds is 2. The fourth-order valence-corrected chi connectivity index (χ4v) is 2.80. The normalized spacial score (nSPS) is 23.7. The lowest BCUT2D eigenvalue weighted by molar-refractivity contribution is -0.137. The fraction of sp³-hybridized carbons (Fsp3) is 0.538. The van der Waals surface area contributed by atoms with Gasteiger partial charge in [0.05, 0.1) is 17.7 Å². The highest BCUT2D eigenvalue weighted by atomic mass is 35.5. The standard InChI is InChI=1S/C13H15ClF3NO/c1-12(4-3-5-18-12)9-6-8(13(15,16)17)7-10(14)11(9)19-2/h6-7,18H,3-5H2,1-2H3. The number of methoxy groups -OCH3 is 1. The molecule has 1 aliphatic rings. The zero-order valence-corrected chi connectivity index (χ0v) is 11.5. The molecule has 1 atom stereocenters. The number of halogens is 4. The van der Waals surface area contributed by atoms with E-state index in [9.17, 15) is 13.2 Å². The Morgan fingerprint density at radius 3 is 2.53 bits per heavy atom. The second-order valence-corrected chi connectivity index (χ2v) is 5.31. The van der Waals surface area contributed by atoms with Crippen molar-refractivity contribution >= 4 is 11.6 Å². The van der Waals surface area contributed by atoms with Crippen LogP contribution in [0.4, 0.5) is 13.2 Å². The first-order valence-electron chi connectivity index (χ1n) is 5.98. The van der Waals surface area contributed by atoms with Gasteiger partial charge in [0.25, 0.3) is 0 Å². The molecule has 0 saturated carbocycles. The highest BCUT2D eigenvalue weighted by Gasteiger charge is 2.38. The lowest BCUT2D eigenvalue weighted by Crippen LogP contribution is -2.34. The molecule has 2 rings (SSSR count). The molecule has 1 saturated heterocycles. The largest absolute Gasteiger partial charge is 0.495 e. The Labute approximate surface area is 114 Å². The number of alkyl halides is 3. The Balaban J connectivity index is 2.60. The van der Waals surface area contributed by atoms with E-state index >= 15 is 0 Å². The van der Waals surface area contributed by atoms with Gasteiger partial charge in [0.1, 0.15) is 5.75 Å². The molecule has 0 amide bonds. The maximum absolute atomic E-state index is 12.9. The molecule has 1 unspecified atom stereocenters. The van der Waals surface area contributed by atoms with Gasteiger partial charge in [0.2, 0.25) is 0 Å². The van der Waals surface area contributed by atoms with E-state index in [1.807, 2.05) is 6.92 Å². The van der Waals surface area contributed by atoms with Gasteiger partial charge in [-0.05, 0) is 38.4 Å². The molecule has 0 radical (unpaired) electrons. The summed E-state index contributed by atoms with van der Waals surface area (Å²) in [6, 6.07) is 2.03. The smallest absolute Gasteiger partial charge is 0.416 e. The minimum atomic E-state index is -4.42. The summed E-state index contributed by atoms with van der Waals surface area (Å²) in [4.78, 5) is 0. The second kappa shape index (κ2) is 4.87. The lowest BCUT2D eigenvalue weighted by atomic mass is 9.88. The van der Waals surface area contributed by atoms with Crippen LogP contribution in [0.15, 0.2) is 12.1 Å². The van der Waals surface area contributed by atoms with Crippen molar-refractivity contribution in [1.29, 1.82) is 0 Å². The third-order valence-corrected chi connectivity index (χ3v) is 3.82. The van der Waals surface area contributed by atoms with Crippen molar-refractivity contribution in [3.05, 3.63) is 28.3 Å². The molecule has 2 nitrogen and oxygen atoms in total. The predicted molar refractivity (Wildman–Crippen MR) is 67.6 cm³/mol. The fourth-order valence-electron chi connectivity index (χ4n) is 2.50. The Morgan fingerprint density at radius 1 is 1.37 bits per heavy atom. The van der Waals surface area contributed by atoms with Crippen molar-refractivity contribution in [2.45, 2.75) is 31.5 Å². The average molecular weight is 294 g/mol. The third-order valence-electron chi connectivity index (χ3n) is 3.54. The molecule has 0 aliphatic carbocycles. The van der Waals surface area contributed by atoms with E-state index in [0.717, 1.165) is 31.5 Å². The van der Waals surface area contributed by atoms with Crippen molar-refractivity contribution in [3.8, 4) is 5.75 Å². The maximum Gasteiger partial charge on any atom is 0.416 e. The highest BCUT2D eigenvalue weighted by Crippen LogP contribution is 2.43. The number of hydrogen-bond donors (Lipinski definition) is 1. The summed E-state index contributed by atoms with van der Waals surface area (Å²) < 4.78 is 43.8. The minimum absolute atomic E-state index is 0.0118. The molecule has 1 aromatic rings. The highest BCUT2D eigenvalue weighted by molar-refractivity contribution is 6.32. The van der Waals surface area contributed by atoms with Crippen LogP contribution < -0.4 is 10.1 Å². The van der Waals surface area contributed by atoms with Crippen LogP contribution in [0.25, 0.3) is 0 Å². The van der Waals surface area contributed by atoms with Crippen molar-refractivity contribution in [2.75, 3.05) is 13.7 Å². The molecule has 1 heterocycles. The van der Waals surface area contributed by atoms with Gasteiger partial charge in [-0.3, -0.25) is 0 Å². The topological polar surface area (TPSA) is 21.3 Å². The molecule has 106 valence electrons. The Bertz CT molecular complexity index is 482. The first-order chi connectivity index (χ1) is 8.78. The van der Waals surface area contributed by atoms with Crippen molar-refractivity contribution in [2.24, 2.45) is 0 Å². The van der Waals surface area contributed by atoms with Gasteiger partial charge in [-0.2, -0.15) is 13.2 Å². The van der Waals surface area contributed by atoms with Gasteiger partial charge in [0.15, 0.2) is 0 Å². The summed E-state index contributed by atoms with van der Waals surface area (Å²) in [6.07, 6.45) is -2.76. The summed E-state index contributed by atoms with van der Waals surface area (Å²) in [5.74, 6) is 0.312. The summed E-state index contributed by atoms with van der Waals surface area (Å²) in [5, 5.41) is 3.21. The van der Waals surface area contributed by atoms with Crippen molar-refractivity contribution in [1.82, 2.24) is 5.32 Å². The summed E-state index contributed by atoms with van der Waals surface area (Å²) in [6.45, 7) is 2.64. The molecule has 1 fully saturated rings. The van der Waals surface area contributed by atoms with Crippen molar-refractivity contribution in [3.63, 3.8) is 0 Å². The van der Waals surface area contributed by atoms with E-state index in [1.54, 1.807) is 0 Å². The third kappa shape index (κ3) is 2.67. The van der Waals surface area contributed by atoms with Crippen molar-refractivity contribution < 1.29 is 17.9 Å². The van der Waals surface area contributed by atoms with Gasteiger partial charge in [-0.15, -0.1) is 0 Å². The van der Waals surface area contributed by atoms with Crippen LogP contribution in [0.2, 0.25) is 5.02 Å². The zero-order valence-electron chi connectivity index (χ0n) is 10.7. The quantitative estimate of drug-likeness (QED) is 0.891. The Kier molecular flexibility index (Phi) is 3.71. The van der Waals surface area contributed by atoms with E-state index in [-0.39, 0.29) is 5.02 Å². The Hall–Kier alpha value is -0.940. The van der Waals surface area contributed by atoms with E-state index < -0.39 is 17.3 Å². The molecular weight excluding hydrogens is 279 g/mol. The van der Waals surface area contributed by atoms with Gasteiger partial charge in [-0.25, -0.2) is 0 Å². The number of hydrogen-bond acceptors (Lipinski definition) is 2. The second-order valence-electron chi connectivity index (χ2n) is 4.90. The molecule has 0 bridgehead atoms. The molecule has 1 N–H and O–H groups in total. The molecular formula is C13H15ClF3NO. The van der Waals surface area contributed by atoms with Gasteiger partial charge in [0, 0.05) is 11.1 Å². The molecule has 0 aromatic heterocycles. The van der Waals surface area contributed by atoms with Crippen LogP contribution in [0.1, 0.15) is 30.9 Å². The predicted octanol–water partition coefficient (Wildman–Crippen LogP) is 3.97. The van der Waals surface area contributed by atoms with Crippen LogP contribution in [-0.2, 0) is 11.7 Å². The molecule has 6 heteroatoms. The lowest BCUT2D eigenvalue weighted by Gasteiger charge is -2.28. The average Bonchev–Trinajstić information content (AvgIpc) is 2.75. The molecule has 1 aromatic carbocycles. The SMILES string of the molecule is COc1c(Cl)cc(C(F)(F)F)cc1C1(C)CCCN1. The van der Waals surface area contributed by atoms with Gasteiger partial charge in [-0.1, -0.05) is 11.6 Å². The van der Waals surface area contributed by atoms with Gasteiger partial charge < -0.3 is 10.1 Å². The number of ether oxygens (including phenoxy) is 1. The molecule has 1 aliphatic heterocycles. The van der Waals surface area contributed by atoms with E-state index in [2.05, 4.69) is 5.32 Å². The van der Waals surface area contributed by atoms with Crippen LogP contribution in [0.5, 0.6) is 5.75 Å². The first-order valence-corrected chi connectivity index (χ1v) is 6.36. The van der Waals surface area contributed by atoms with Crippen LogP contribution in [-0.4, -0.2) is 13.7 Å². The van der Waals surface area contributed by atoms with Crippen LogP contribution >= 0.6 is 11.6 Å². The monoisotopic (exact) mass is 293 g/mol. The van der Waals surface area contributed by atoms with E-state index in [0.29, 0.717) is 11.3 Å². The van der Waals surface area contributed by atoms with Crippen LogP contribution in [0.3, 0.4) is 0 Å². The first kappa shape index (κ1) is 14.5. The Morgan fingerprint density at radius 2 is 2.05 bits per heavy atom. The number of nitrogens with one attached hydrogen (secondary N) is 1. The van der Waals surface area contributed by atoms with E-state index in [4.69, 9.17) is 16.3 Å². The summed E-state index contributed by atoms with van der Waals surface area (Å²) >= 11 is 5.93. The van der Waals surface area contributed by atoms with E-state index in [1.165, 1.54) is 7.11 Å². The molecule has 0 spiro atoms. The zero-order chi connectivity index (χ0) is 14.3.